The molecule has 0 aliphatic carbocycles. The van der Waals surface area contributed by atoms with E-state index in [2.05, 4.69) is 0 Å². The maximum Gasteiger partial charge on any atom is 0.154 e. The fraction of sp³-hybridized carbons (Fsp3) is 1.00. The Morgan fingerprint density at radius 1 is 1.64 bits per heavy atom. The summed E-state index contributed by atoms with van der Waals surface area (Å²) in [5.41, 5.74) is 5.29. The van der Waals surface area contributed by atoms with Gasteiger partial charge in [-0.05, 0) is 0 Å². The van der Waals surface area contributed by atoms with Crippen LogP contribution in [0.3, 0.4) is 0 Å². The SMILES string of the molecule is NC1C[C@@H](O)[C@H](F)[C@@H](CO)O1. The second kappa shape index (κ2) is 3.44. The van der Waals surface area contributed by atoms with Gasteiger partial charge in [0, 0.05) is 6.42 Å². The lowest BCUT2D eigenvalue weighted by Gasteiger charge is -2.32. The number of aliphatic hydroxyl groups excluding tert-OH is 2. The molecule has 0 saturated carbocycles. The molecule has 1 saturated heterocycles. The van der Waals surface area contributed by atoms with Crippen molar-refractivity contribution < 1.29 is 19.3 Å². The first kappa shape index (κ1) is 8.86. The third-order valence-corrected chi connectivity index (χ3v) is 1.73. The third-order valence-electron chi connectivity index (χ3n) is 1.73. The van der Waals surface area contributed by atoms with Crippen molar-refractivity contribution in [1.82, 2.24) is 0 Å². The Bertz CT molecular complexity index is 135. The Morgan fingerprint density at radius 2 is 2.27 bits per heavy atom. The summed E-state index contributed by atoms with van der Waals surface area (Å²) in [5.74, 6) is 0. The van der Waals surface area contributed by atoms with Crippen molar-refractivity contribution in [3.8, 4) is 0 Å². The van der Waals surface area contributed by atoms with Crippen LogP contribution in [-0.4, -0.2) is 41.4 Å². The molecule has 0 bridgehead atoms. The monoisotopic (exact) mass is 165 g/mol. The second-order valence-electron chi connectivity index (χ2n) is 2.64. The lowest BCUT2D eigenvalue weighted by molar-refractivity contribution is -0.153. The van der Waals surface area contributed by atoms with Crippen LogP contribution in [0, 0.1) is 0 Å². The summed E-state index contributed by atoms with van der Waals surface area (Å²) in [6, 6.07) is 0. The molecule has 4 N–H and O–H groups in total. The van der Waals surface area contributed by atoms with Crippen LogP contribution in [0.25, 0.3) is 0 Å². The zero-order chi connectivity index (χ0) is 8.43. The average molecular weight is 165 g/mol. The van der Waals surface area contributed by atoms with Crippen molar-refractivity contribution in [3.05, 3.63) is 0 Å². The molecular weight excluding hydrogens is 153 g/mol. The topological polar surface area (TPSA) is 75.7 Å². The Morgan fingerprint density at radius 3 is 2.82 bits per heavy atom. The zero-order valence-corrected chi connectivity index (χ0v) is 5.98. The molecule has 1 rings (SSSR count). The Kier molecular flexibility index (Phi) is 2.78. The van der Waals surface area contributed by atoms with Crippen LogP contribution in [0.15, 0.2) is 0 Å². The first-order valence-corrected chi connectivity index (χ1v) is 3.49. The van der Waals surface area contributed by atoms with E-state index >= 15 is 0 Å². The number of alkyl halides is 1. The number of ether oxygens (including phenoxy) is 1. The second-order valence-corrected chi connectivity index (χ2v) is 2.64. The molecule has 0 aromatic rings. The van der Waals surface area contributed by atoms with Gasteiger partial charge >= 0.3 is 0 Å². The number of rotatable bonds is 1. The molecule has 5 heteroatoms. The van der Waals surface area contributed by atoms with Gasteiger partial charge < -0.3 is 20.7 Å². The number of hydrogen-bond donors (Lipinski definition) is 3. The minimum Gasteiger partial charge on any atom is -0.394 e. The standard InChI is InChI=1S/C6H12FNO3/c7-6-3(10)1-5(8)11-4(6)2-9/h3-6,9-10H,1-2,8H2/t3-,4-,5?,6+/m1/s1. The first-order chi connectivity index (χ1) is 5.15. The number of halogens is 1. The van der Waals surface area contributed by atoms with E-state index in [-0.39, 0.29) is 6.42 Å². The molecule has 0 aromatic heterocycles. The Hall–Kier alpha value is -0.230. The minimum absolute atomic E-state index is 0.0810. The van der Waals surface area contributed by atoms with Gasteiger partial charge in [0.1, 0.15) is 12.3 Å². The third kappa shape index (κ3) is 1.87. The summed E-state index contributed by atoms with van der Waals surface area (Å²) in [5, 5.41) is 17.6. The highest BCUT2D eigenvalue weighted by molar-refractivity contribution is 4.83. The molecule has 4 atom stereocenters. The van der Waals surface area contributed by atoms with Gasteiger partial charge in [-0.2, -0.15) is 0 Å². The molecule has 0 spiro atoms. The van der Waals surface area contributed by atoms with E-state index in [9.17, 15) is 4.39 Å². The molecule has 1 fully saturated rings. The summed E-state index contributed by atoms with van der Waals surface area (Å²) in [6.07, 6.45) is -4.21. The predicted octanol–water partition coefficient (Wildman–Crippen LogP) is -1.25. The molecule has 0 radical (unpaired) electrons. The normalized spacial score (nSPS) is 45.8. The average Bonchev–Trinajstić information content (AvgIpc) is 1.96. The zero-order valence-electron chi connectivity index (χ0n) is 5.98. The molecule has 66 valence electrons. The fourth-order valence-corrected chi connectivity index (χ4v) is 1.11. The van der Waals surface area contributed by atoms with E-state index in [4.69, 9.17) is 20.7 Å². The predicted molar refractivity (Wildman–Crippen MR) is 35.5 cm³/mol. The van der Waals surface area contributed by atoms with Crippen molar-refractivity contribution in [2.45, 2.75) is 31.0 Å². The van der Waals surface area contributed by atoms with Gasteiger partial charge in [0.15, 0.2) is 6.17 Å². The molecule has 0 amide bonds. The van der Waals surface area contributed by atoms with Crippen molar-refractivity contribution in [1.29, 1.82) is 0 Å². The van der Waals surface area contributed by atoms with Gasteiger partial charge in [-0.15, -0.1) is 0 Å². The van der Waals surface area contributed by atoms with Gasteiger partial charge in [0.2, 0.25) is 0 Å². The molecule has 1 aliphatic rings. The maximum atomic E-state index is 12.8. The summed E-state index contributed by atoms with van der Waals surface area (Å²) in [6.45, 7) is -0.452. The van der Waals surface area contributed by atoms with Gasteiger partial charge in [-0.25, -0.2) is 4.39 Å². The van der Waals surface area contributed by atoms with Crippen LogP contribution in [0.5, 0.6) is 0 Å². The van der Waals surface area contributed by atoms with Crippen LogP contribution >= 0.6 is 0 Å². The molecule has 1 aliphatic heterocycles. The van der Waals surface area contributed by atoms with E-state index in [1.807, 2.05) is 0 Å². The van der Waals surface area contributed by atoms with Crippen LogP contribution in [0.2, 0.25) is 0 Å². The molecule has 1 heterocycles. The largest absolute Gasteiger partial charge is 0.394 e. The summed E-state index contributed by atoms with van der Waals surface area (Å²) < 4.78 is 17.6. The van der Waals surface area contributed by atoms with Crippen LogP contribution in [0.1, 0.15) is 6.42 Å². The summed E-state index contributed by atoms with van der Waals surface area (Å²) in [4.78, 5) is 0. The maximum absolute atomic E-state index is 12.8. The van der Waals surface area contributed by atoms with E-state index < -0.39 is 31.2 Å². The first-order valence-electron chi connectivity index (χ1n) is 3.49. The quantitative estimate of drug-likeness (QED) is 0.454. The molecule has 1 unspecified atom stereocenters. The van der Waals surface area contributed by atoms with E-state index in [0.717, 1.165) is 0 Å². The summed E-state index contributed by atoms with van der Waals surface area (Å²) >= 11 is 0. The lowest BCUT2D eigenvalue weighted by Crippen LogP contribution is -2.50. The number of nitrogens with two attached hydrogens (primary N) is 1. The van der Waals surface area contributed by atoms with Crippen molar-refractivity contribution in [3.63, 3.8) is 0 Å². The highest BCUT2D eigenvalue weighted by Gasteiger charge is 2.36. The van der Waals surface area contributed by atoms with E-state index in [0.29, 0.717) is 0 Å². The van der Waals surface area contributed by atoms with Crippen molar-refractivity contribution in [2.24, 2.45) is 5.73 Å². The van der Waals surface area contributed by atoms with Crippen LogP contribution < -0.4 is 5.73 Å². The van der Waals surface area contributed by atoms with Gasteiger partial charge in [-0.1, -0.05) is 0 Å². The van der Waals surface area contributed by atoms with E-state index in [1.165, 1.54) is 0 Å². The van der Waals surface area contributed by atoms with E-state index in [1.54, 1.807) is 0 Å². The van der Waals surface area contributed by atoms with Gasteiger partial charge in [-0.3, -0.25) is 0 Å². The smallest absolute Gasteiger partial charge is 0.154 e. The highest BCUT2D eigenvalue weighted by Crippen LogP contribution is 2.19. The minimum atomic E-state index is -1.53. The van der Waals surface area contributed by atoms with Gasteiger partial charge in [0.05, 0.1) is 12.7 Å². The molecule has 11 heavy (non-hydrogen) atoms. The van der Waals surface area contributed by atoms with Crippen LogP contribution in [-0.2, 0) is 4.74 Å². The van der Waals surface area contributed by atoms with Crippen molar-refractivity contribution in [2.75, 3.05) is 6.61 Å². The van der Waals surface area contributed by atoms with Gasteiger partial charge in [0.25, 0.3) is 0 Å². The lowest BCUT2D eigenvalue weighted by atomic mass is 10.0. The summed E-state index contributed by atoms with van der Waals surface area (Å²) in [7, 11) is 0. The Balaban J connectivity index is 2.51. The van der Waals surface area contributed by atoms with Crippen LogP contribution in [0.4, 0.5) is 4.39 Å². The number of hydrogen-bond acceptors (Lipinski definition) is 4. The number of aliphatic hydroxyl groups is 2. The molecule has 0 aromatic carbocycles. The Labute approximate surface area is 63.8 Å². The highest BCUT2D eigenvalue weighted by atomic mass is 19.1. The van der Waals surface area contributed by atoms with Crippen molar-refractivity contribution >= 4 is 0 Å². The molecule has 4 nitrogen and oxygen atoms in total. The molecular formula is C6H12FNO3. The fourth-order valence-electron chi connectivity index (χ4n) is 1.11.